The number of ketones is 1. The third-order valence-corrected chi connectivity index (χ3v) is 7.32. The van der Waals surface area contributed by atoms with Gasteiger partial charge in [0.1, 0.15) is 11.3 Å². The Labute approximate surface area is 211 Å². The number of ether oxygens (including phenoxy) is 1. The molecule has 0 bridgehead atoms. The van der Waals surface area contributed by atoms with Crippen molar-refractivity contribution in [2.45, 2.75) is 19.9 Å². The number of fused-ring (bicyclic) bond motifs is 1. The molecule has 0 aliphatic carbocycles. The summed E-state index contributed by atoms with van der Waals surface area (Å²) in [6, 6.07) is 10.6. The van der Waals surface area contributed by atoms with Crippen LogP contribution in [0.1, 0.15) is 28.6 Å². The second-order valence-electron chi connectivity index (χ2n) is 8.93. The van der Waals surface area contributed by atoms with Gasteiger partial charge in [-0.3, -0.25) is 14.5 Å². The second kappa shape index (κ2) is 9.56. The molecule has 2 aliphatic rings. The van der Waals surface area contributed by atoms with E-state index in [0.717, 1.165) is 28.7 Å². The highest BCUT2D eigenvalue weighted by Gasteiger charge is 2.46. The number of carbonyl (C=O) groups is 2. The summed E-state index contributed by atoms with van der Waals surface area (Å²) in [6.45, 7) is 7.65. The molecule has 8 nitrogen and oxygen atoms in total. The maximum Gasteiger partial charge on any atom is 0.295 e. The zero-order valence-corrected chi connectivity index (χ0v) is 21.3. The number of carbonyl (C=O) groups excluding carboxylic acids is 2. The van der Waals surface area contributed by atoms with E-state index < -0.39 is 17.7 Å². The van der Waals surface area contributed by atoms with Crippen LogP contribution in [0.2, 0.25) is 0 Å². The van der Waals surface area contributed by atoms with Crippen LogP contribution in [0.5, 0.6) is 0 Å². The van der Waals surface area contributed by atoms with Gasteiger partial charge >= 0.3 is 0 Å². The number of morpholine rings is 1. The number of hydrogen-bond acceptors (Lipinski definition) is 6. The lowest BCUT2D eigenvalue weighted by molar-refractivity contribution is -0.140. The van der Waals surface area contributed by atoms with Crippen LogP contribution in [0.4, 0.5) is 0 Å². The maximum atomic E-state index is 13.3. The number of nitrogens with zero attached hydrogens (tertiary/aromatic N) is 4. The number of halogens is 1. The number of aliphatic hydroxyl groups excluding tert-OH is 1. The first-order valence-electron chi connectivity index (χ1n) is 11.7. The van der Waals surface area contributed by atoms with Crippen molar-refractivity contribution >= 4 is 39.0 Å². The topological polar surface area (TPSA) is 87.4 Å². The van der Waals surface area contributed by atoms with Gasteiger partial charge < -0.3 is 19.1 Å². The number of benzene rings is 1. The van der Waals surface area contributed by atoms with E-state index in [1.165, 1.54) is 0 Å². The molecule has 0 radical (unpaired) electrons. The quantitative estimate of drug-likeness (QED) is 0.304. The van der Waals surface area contributed by atoms with Gasteiger partial charge in [-0.15, -0.1) is 0 Å². The Morgan fingerprint density at radius 1 is 1.11 bits per heavy atom. The van der Waals surface area contributed by atoms with Gasteiger partial charge in [0.2, 0.25) is 0 Å². The van der Waals surface area contributed by atoms with Crippen LogP contribution in [-0.4, -0.2) is 75.4 Å². The first-order valence-corrected chi connectivity index (χ1v) is 12.4. The molecule has 2 aliphatic heterocycles. The Morgan fingerprint density at radius 2 is 1.83 bits per heavy atom. The molecule has 4 heterocycles. The van der Waals surface area contributed by atoms with Crippen molar-refractivity contribution in [2.75, 3.05) is 39.4 Å². The number of rotatable bonds is 5. The van der Waals surface area contributed by atoms with Gasteiger partial charge in [0.15, 0.2) is 5.76 Å². The Balaban J connectivity index is 1.60. The van der Waals surface area contributed by atoms with E-state index in [1.807, 2.05) is 60.8 Å². The van der Waals surface area contributed by atoms with E-state index in [1.54, 1.807) is 4.90 Å². The molecular weight excluding hydrogens is 512 g/mol. The van der Waals surface area contributed by atoms with Crippen molar-refractivity contribution in [1.82, 2.24) is 19.2 Å². The summed E-state index contributed by atoms with van der Waals surface area (Å²) in [5.41, 5.74) is 3.50. The molecule has 1 aromatic carbocycles. The van der Waals surface area contributed by atoms with Crippen LogP contribution in [0.3, 0.4) is 0 Å². The molecule has 0 spiro atoms. The third kappa shape index (κ3) is 4.28. The van der Waals surface area contributed by atoms with Crippen molar-refractivity contribution < 1.29 is 19.4 Å². The van der Waals surface area contributed by atoms with Crippen LogP contribution < -0.4 is 0 Å². The average Bonchev–Trinajstić information content (AvgIpc) is 3.33. The highest BCUT2D eigenvalue weighted by atomic mass is 79.9. The predicted octanol–water partition coefficient (Wildman–Crippen LogP) is 3.47. The number of hydrogen-bond donors (Lipinski definition) is 1. The van der Waals surface area contributed by atoms with Crippen LogP contribution >= 0.6 is 15.9 Å². The molecule has 2 saturated heterocycles. The van der Waals surface area contributed by atoms with Crippen LogP contribution in [0.15, 0.2) is 52.6 Å². The Kier molecular flexibility index (Phi) is 6.48. The summed E-state index contributed by atoms with van der Waals surface area (Å²) < 4.78 is 8.19. The van der Waals surface area contributed by atoms with E-state index >= 15 is 0 Å². The molecule has 9 heteroatoms. The van der Waals surface area contributed by atoms with Gasteiger partial charge in [-0.05, 0) is 43.2 Å². The molecule has 35 heavy (non-hydrogen) atoms. The summed E-state index contributed by atoms with van der Waals surface area (Å²) in [6.07, 6.45) is 1.87. The first-order chi connectivity index (χ1) is 16.9. The number of aromatic nitrogens is 2. The molecular formula is C26H27BrN4O4. The monoisotopic (exact) mass is 538 g/mol. The van der Waals surface area contributed by atoms with E-state index in [9.17, 15) is 14.7 Å². The van der Waals surface area contributed by atoms with Gasteiger partial charge in [0.05, 0.1) is 30.5 Å². The van der Waals surface area contributed by atoms with Gasteiger partial charge in [-0.2, -0.15) is 0 Å². The number of aliphatic hydroxyl groups is 1. The lowest BCUT2D eigenvalue weighted by atomic mass is 9.96. The fourth-order valence-corrected chi connectivity index (χ4v) is 5.11. The highest BCUT2D eigenvalue weighted by molar-refractivity contribution is 9.10. The van der Waals surface area contributed by atoms with Gasteiger partial charge in [-0.25, -0.2) is 4.98 Å². The van der Waals surface area contributed by atoms with Crippen molar-refractivity contribution in [3.8, 4) is 0 Å². The normalized spacial score (nSPS) is 20.8. The minimum Gasteiger partial charge on any atom is -0.505 e. The summed E-state index contributed by atoms with van der Waals surface area (Å²) in [5.74, 6) is -1.54. The minimum absolute atomic E-state index is 0.0726. The Hall–Kier alpha value is -3.01. The lowest BCUT2D eigenvalue weighted by Crippen LogP contribution is -2.42. The molecule has 3 aromatic rings. The summed E-state index contributed by atoms with van der Waals surface area (Å²) in [5, 5.41) is 11.5. The largest absolute Gasteiger partial charge is 0.505 e. The highest BCUT2D eigenvalue weighted by Crippen LogP contribution is 2.40. The van der Waals surface area contributed by atoms with Crippen LogP contribution in [-0.2, 0) is 14.3 Å². The predicted molar refractivity (Wildman–Crippen MR) is 135 cm³/mol. The summed E-state index contributed by atoms with van der Waals surface area (Å²) >= 11 is 3.45. The van der Waals surface area contributed by atoms with E-state index in [-0.39, 0.29) is 11.3 Å². The zero-order chi connectivity index (χ0) is 24.7. The zero-order valence-electron chi connectivity index (χ0n) is 19.7. The number of imidazole rings is 1. The average molecular weight is 539 g/mol. The standard InChI is InChI=1S/C26H27BrN4O4/c1-16-4-3-9-30-17(2)21(28-25(16)30)23(32)20-22(18-5-7-19(27)8-6-18)31(26(34)24(20)33)11-10-29-12-14-35-15-13-29/h3-9,22,32H,10-15H2,1-2H3/b23-20+. The SMILES string of the molecule is Cc1cccn2c(C)c(/C(O)=C3\C(=O)C(=O)N(CCN4CCOCC4)C3c3ccc(Br)cc3)nc12. The summed E-state index contributed by atoms with van der Waals surface area (Å²) in [4.78, 5) is 35.0. The Morgan fingerprint density at radius 3 is 2.51 bits per heavy atom. The molecule has 1 atom stereocenters. The fraction of sp³-hybridized carbons (Fsp3) is 0.346. The molecule has 1 N–H and O–H groups in total. The molecule has 2 aromatic heterocycles. The number of amides is 1. The Bertz CT molecular complexity index is 1330. The molecule has 1 unspecified atom stereocenters. The van der Waals surface area contributed by atoms with Crippen molar-refractivity contribution in [1.29, 1.82) is 0 Å². The molecule has 2 fully saturated rings. The summed E-state index contributed by atoms with van der Waals surface area (Å²) in [7, 11) is 0. The van der Waals surface area contributed by atoms with Crippen LogP contribution in [0, 0.1) is 13.8 Å². The van der Waals surface area contributed by atoms with Crippen molar-refractivity contribution in [3.63, 3.8) is 0 Å². The van der Waals surface area contributed by atoms with Gasteiger partial charge in [-0.1, -0.05) is 34.1 Å². The molecule has 0 saturated carbocycles. The molecule has 182 valence electrons. The number of aryl methyl sites for hydroxylation is 2. The number of likely N-dealkylation sites (tertiary alicyclic amines) is 1. The maximum absolute atomic E-state index is 13.3. The van der Waals surface area contributed by atoms with E-state index in [0.29, 0.717) is 43.3 Å². The molecule has 5 rings (SSSR count). The lowest BCUT2D eigenvalue weighted by Gasteiger charge is -2.31. The third-order valence-electron chi connectivity index (χ3n) is 6.79. The van der Waals surface area contributed by atoms with Gasteiger partial charge in [0, 0.05) is 36.8 Å². The van der Waals surface area contributed by atoms with Crippen molar-refractivity contribution in [3.05, 3.63) is 75.2 Å². The second-order valence-corrected chi connectivity index (χ2v) is 9.84. The van der Waals surface area contributed by atoms with Crippen molar-refractivity contribution in [2.24, 2.45) is 0 Å². The number of Topliss-reactive ketones (excluding diaryl/α,β-unsaturated/α-hetero) is 1. The van der Waals surface area contributed by atoms with Crippen LogP contribution in [0.25, 0.3) is 11.4 Å². The van der Waals surface area contributed by atoms with E-state index in [4.69, 9.17) is 4.74 Å². The van der Waals surface area contributed by atoms with E-state index in [2.05, 4.69) is 25.8 Å². The minimum atomic E-state index is -0.700. The first kappa shape index (κ1) is 23.7. The number of pyridine rings is 1. The smallest absolute Gasteiger partial charge is 0.295 e. The fourth-order valence-electron chi connectivity index (χ4n) is 4.85. The molecule has 1 amide bonds. The van der Waals surface area contributed by atoms with Gasteiger partial charge in [0.25, 0.3) is 11.7 Å².